The zero-order chi connectivity index (χ0) is 9.26. The predicted molar refractivity (Wildman–Crippen MR) is 52.7 cm³/mol. The molecule has 0 aliphatic heterocycles. The SMILES string of the molecule is Cc1ncc(CNC2CC(O)C2)s1. The van der Waals surface area contributed by atoms with Crippen LogP contribution in [0.25, 0.3) is 0 Å². The lowest BCUT2D eigenvalue weighted by Gasteiger charge is -2.31. The topological polar surface area (TPSA) is 45.2 Å². The first-order valence-electron chi connectivity index (χ1n) is 4.57. The van der Waals surface area contributed by atoms with Gasteiger partial charge in [0.25, 0.3) is 0 Å². The number of aryl methyl sites for hydroxylation is 1. The van der Waals surface area contributed by atoms with Gasteiger partial charge in [0.1, 0.15) is 0 Å². The number of aliphatic hydroxyl groups is 1. The van der Waals surface area contributed by atoms with Gasteiger partial charge in [0.15, 0.2) is 0 Å². The number of hydrogen-bond donors (Lipinski definition) is 2. The van der Waals surface area contributed by atoms with Gasteiger partial charge in [0.2, 0.25) is 0 Å². The Kier molecular flexibility index (Phi) is 2.62. The fourth-order valence-corrected chi connectivity index (χ4v) is 2.23. The van der Waals surface area contributed by atoms with E-state index in [2.05, 4.69) is 10.3 Å². The van der Waals surface area contributed by atoms with Crippen LogP contribution in [0.1, 0.15) is 22.7 Å². The molecule has 0 saturated heterocycles. The average Bonchev–Trinajstić information content (AvgIpc) is 2.43. The van der Waals surface area contributed by atoms with E-state index in [1.807, 2.05) is 13.1 Å². The summed E-state index contributed by atoms with van der Waals surface area (Å²) >= 11 is 1.73. The molecule has 4 heteroatoms. The van der Waals surface area contributed by atoms with Crippen LogP contribution in [-0.4, -0.2) is 22.2 Å². The lowest BCUT2D eigenvalue weighted by Crippen LogP contribution is -2.43. The van der Waals surface area contributed by atoms with Gasteiger partial charge in [-0.25, -0.2) is 4.98 Å². The third kappa shape index (κ3) is 2.27. The Hall–Kier alpha value is -0.450. The van der Waals surface area contributed by atoms with Crippen molar-refractivity contribution >= 4 is 11.3 Å². The van der Waals surface area contributed by atoms with Crippen molar-refractivity contribution in [2.24, 2.45) is 0 Å². The third-order valence-corrected chi connectivity index (χ3v) is 3.26. The maximum absolute atomic E-state index is 9.07. The zero-order valence-corrected chi connectivity index (χ0v) is 8.47. The summed E-state index contributed by atoms with van der Waals surface area (Å²) in [7, 11) is 0. The first-order valence-corrected chi connectivity index (χ1v) is 5.38. The number of thiazole rings is 1. The highest BCUT2D eigenvalue weighted by Gasteiger charge is 2.26. The van der Waals surface area contributed by atoms with Gasteiger partial charge in [-0.2, -0.15) is 0 Å². The van der Waals surface area contributed by atoms with E-state index in [1.54, 1.807) is 11.3 Å². The van der Waals surface area contributed by atoms with Crippen molar-refractivity contribution in [3.63, 3.8) is 0 Å². The normalized spacial score (nSPS) is 27.2. The molecule has 1 aromatic heterocycles. The Morgan fingerprint density at radius 2 is 2.46 bits per heavy atom. The van der Waals surface area contributed by atoms with Crippen LogP contribution in [-0.2, 0) is 6.54 Å². The molecule has 1 aliphatic carbocycles. The second-order valence-electron chi connectivity index (χ2n) is 3.55. The summed E-state index contributed by atoms with van der Waals surface area (Å²) < 4.78 is 0. The first kappa shape index (κ1) is 9.12. The van der Waals surface area contributed by atoms with E-state index in [-0.39, 0.29) is 6.10 Å². The van der Waals surface area contributed by atoms with E-state index in [4.69, 9.17) is 5.11 Å². The average molecular weight is 198 g/mol. The molecule has 0 aromatic carbocycles. The van der Waals surface area contributed by atoms with Gasteiger partial charge in [-0.3, -0.25) is 0 Å². The zero-order valence-electron chi connectivity index (χ0n) is 7.66. The van der Waals surface area contributed by atoms with Crippen LogP contribution in [0.5, 0.6) is 0 Å². The summed E-state index contributed by atoms with van der Waals surface area (Å²) in [5, 5.41) is 13.6. The molecule has 0 atom stereocenters. The van der Waals surface area contributed by atoms with Crippen molar-refractivity contribution in [1.29, 1.82) is 0 Å². The molecule has 1 heterocycles. The standard InChI is InChI=1S/C9H14N2OS/c1-6-10-4-9(13-6)5-11-7-2-8(12)3-7/h4,7-8,11-12H,2-3,5H2,1H3. The van der Waals surface area contributed by atoms with Crippen LogP contribution in [0.4, 0.5) is 0 Å². The minimum absolute atomic E-state index is 0.0688. The quantitative estimate of drug-likeness (QED) is 0.763. The maximum atomic E-state index is 9.07. The van der Waals surface area contributed by atoms with Gasteiger partial charge in [0.05, 0.1) is 11.1 Å². The number of nitrogens with zero attached hydrogens (tertiary/aromatic N) is 1. The molecule has 0 amide bonds. The molecule has 0 unspecified atom stereocenters. The highest BCUT2D eigenvalue weighted by molar-refractivity contribution is 7.11. The predicted octanol–water partition coefficient (Wildman–Crippen LogP) is 1.06. The molecule has 2 N–H and O–H groups in total. The van der Waals surface area contributed by atoms with E-state index in [9.17, 15) is 0 Å². The second-order valence-corrected chi connectivity index (χ2v) is 4.87. The molecular formula is C9H14N2OS. The van der Waals surface area contributed by atoms with E-state index < -0.39 is 0 Å². The Morgan fingerprint density at radius 3 is 3.00 bits per heavy atom. The maximum Gasteiger partial charge on any atom is 0.0897 e. The van der Waals surface area contributed by atoms with Gasteiger partial charge < -0.3 is 10.4 Å². The summed E-state index contributed by atoms with van der Waals surface area (Å²) in [5.41, 5.74) is 0. The van der Waals surface area contributed by atoms with Crippen molar-refractivity contribution in [1.82, 2.24) is 10.3 Å². The second kappa shape index (κ2) is 3.74. The van der Waals surface area contributed by atoms with Crippen molar-refractivity contribution < 1.29 is 5.11 Å². The molecule has 3 nitrogen and oxygen atoms in total. The molecular weight excluding hydrogens is 184 g/mol. The summed E-state index contributed by atoms with van der Waals surface area (Å²) in [4.78, 5) is 5.46. The van der Waals surface area contributed by atoms with Crippen LogP contribution in [0.2, 0.25) is 0 Å². The number of hydrogen-bond acceptors (Lipinski definition) is 4. The van der Waals surface area contributed by atoms with E-state index >= 15 is 0 Å². The molecule has 1 aliphatic rings. The first-order chi connectivity index (χ1) is 6.24. The molecule has 1 fully saturated rings. The van der Waals surface area contributed by atoms with Gasteiger partial charge >= 0.3 is 0 Å². The van der Waals surface area contributed by atoms with Crippen molar-refractivity contribution in [2.75, 3.05) is 0 Å². The monoisotopic (exact) mass is 198 g/mol. The number of nitrogens with one attached hydrogen (secondary N) is 1. The largest absolute Gasteiger partial charge is 0.393 e. The number of aromatic nitrogens is 1. The van der Waals surface area contributed by atoms with Crippen LogP contribution in [0.15, 0.2) is 6.20 Å². The molecule has 1 aromatic rings. The Morgan fingerprint density at radius 1 is 1.69 bits per heavy atom. The summed E-state index contributed by atoms with van der Waals surface area (Å²) in [6, 6.07) is 0.511. The minimum Gasteiger partial charge on any atom is -0.393 e. The molecule has 13 heavy (non-hydrogen) atoms. The van der Waals surface area contributed by atoms with Crippen molar-refractivity contribution in [3.05, 3.63) is 16.1 Å². The minimum atomic E-state index is -0.0688. The van der Waals surface area contributed by atoms with E-state index in [1.165, 1.54) is 4.88 Å². The number of rotatable bonds is 3. The highest BCUT2D eigenvalue weighted by Crippen LogP contribution is 2.20. The fourth-order valence-electron chi connectivity index (χ4n) is 1.49. The van der Waals surface area contributed by atoms with Crippen LogP contribution in [0, 0.1) is 6.92 Å². The highest BCUT2D eigenvalue weighted by atomic mass is 32.1. The van der Waals surface area contributed by atoms with Crippen molar-refractivity contribution in [2.45, 2.75) is 38.5 Å². The van der Waals surface area contributed by atoms with E-state index in [0.29, 0.717) is 6.04 Å². The van der Waals surface area contributed by atoms with Crippen LogP contribution in [0.3, 0.4) is 0 Å². The van der Waals surface area contributed by atoms with E-state index in [0.717, 1.165) is 24.4 Å². The molecule has 0 spiro atoms. The smallest absolute Gasteiger partial charge is 0.0897 e. The molecule has 72 valence electrons. The van der Waals surface area contributed by atoms with Gasteiger partial charge in [-0.05, 0) is 19.8 Å². The molecule has 2 rings (SSSR count). The lowest BCUT2D eigenvalue weighted by molar-refractivity contribution is 0.0620. The van der Waals surface area contributed by atoms with Gasteiger partial charge in [-0.15, -0.1) is 11.3 Å². The lowest BCUT2D eigenvalue weighted by atomic mass is 9.89. The van der Waals surface area contributed by atoms with Crippen LogP contribution >= 0.6 is 11.3 Å². The van der Waals surface area contributed by atoms with Crippen molar-refractivity contribution in [3.8, 4) is 0 Å². The van der Waals surface area contributed by atoms with Crippen LogP contribution < -0.4 is 5.32 Å². The van der Waals surface area contributed by atoms with Gasteiger partial charge in [-0.1, -0.05) is 0 Å². The van der Waals surface area contributed by atoms with Gasteiger partial charge in [0, 0.05) is 23.7 Å². The molecule has 0 radical (unpaired) electrons. The number of aliphatic hydroxyl groups excluding tert-OH is 1. The Bertz CT molecular complexity index is 281. The Labute approximate surface area is 81.8 Å². The Balaban J connectivity index is 1.74. The third-order valence-electron chi connectivity index (χ3n) is 2.35. The fraction of sp³-hybridized carbons (Fsp3) is 0.667. The molecule has 0 bridgehead atoms. The summed E-state index contributed by atoms with van der Waals surface area (Å²) in [5.74, 6) is 0. The summed E-state index contributed by atoms with van der Waals surface area (Å²) in [6.45, 7) is 2.91. The molecule has 1 saturated carbocycles. The summed E-state index contributed by atoms with van der Waals surface area (Å²) in [6.07, 6.45) is 3.65.